The van der Waals surface area contributed by atoms with Crippen molar-refractivity contribution in [2.75, 3.05) is 25.2 Å². The number of hydrogen-bond donors (Lipinski definition) is 1. The number of benzene rings is 4. The number of ether oxygens (including phenoxy) is 2. The number of anilines is 2. The molecule has 0 aliphatic carbocycles. The zero-order chi connectivity index (χ0) is 35.3. The summed E-state index contributed by atoms with van der Waals surface area (Å²) < 4.78 is 12.4. The molecule has 0 unspecified atom stereocenters. The molecule has 6 rings (SSSR count). The second-order valence-corrected chi connectivity index (χ2v) is 19.0. The lowest BCUT2D eigenvalue weighted by atomic mass is 9.94. The number of amides is 2. The molecule has 1 N–H and O–H groups in total. The first-order valence-corrected chi connectivity index (χ1v) is 21.0. The molecule has 2 aliphatic heterocycles. The smallest absolute Gasteiger partial charge is 0.231 e. The number of carbonyl (C=O) groups excluding carboxylic acids is 2. The van der Waals surface area contributed by atoms with Gasteiger partial charge in [-0.25, -0.2) is 0 Å². The molecule has 4 aromatic rings. The molecule has 0 bridgehead atoms. The van der Waals surface area contributed by atoms with Gasteiger partial charge in [-0.3, -0.25) is 14.5 Å². The van der Waals surface area contributed by atoms with E-state index in [2.05, 4.69) is 62.5 Å². The van der Waals surface area contributed by atoms with Crippen molar-refractivity contribution in [2.45, 2.75) is 76.4 Å². The second kappa shape index (κ2) is 15.8. The molecule has 1 fully saturated rings. The van der Waals surface area contributed by atoms with Gasteiger partial charge in [0.25, 0.3) is 0 Å². The maximum Gasteiger partial charge on any atom is 0.231 e. The van der Waals surface area contributed by atoms with Crippen LogP contribution in [0, 0.1) is 5.92 Å². The van der Waals surface area contributed by atoms with Crippen LogP contribution < -0.4 is 14.8 Å². The molecule has 8 heteroatoms. The molecule has 7 nitrogen and oxygen atoms in total. The topological polar surface area (TPSA) is 79.3 Å². The van der Waals surface area contributed by atoms with E-state index in [0.29, 0.717) is 13.0 Å². The highest BCUT2D eigenvalue weighted by atomic mass is 28.3. The van der Waals surface area contributed by atoms with Gasteiger partial charge in [0.2, 0.25) is 11.8 Å². The Morgan fingerprint density at radius 2 is 1.60 bits per heavy atom. The van der Waals surface area contributed by atoms with E-state index in [-0.39, 0.29) is 55.1 Å². The van der Waals surface area contributed by atoms with E-state index >= 15 is 0 Å². The number of rotatable bonds is 13. The van der Waals surface area contributed by atoms with Gasteiger partial charge in [0, 0.05) is 25.2 Å². The number of aliphatic hydroxyl groups is 1. The fourth-order valence-corrected chi connectivity index (χ4v) is 12.3. The Hall–Kier alpha value is -4.24. The van der Waals surface area contributed by atoms with Crippen molar-refractivity contribution in [3.63, 3.8) is 0 Å². The van der Waals surface area contributed by atoms with E-state index in [9.17, 15) is 14.7 Å². The summed E-state index contributed by atoms with van der Waals surface area (Å²) in [7, 11) is -0.468. The van der Waals surface area contributed by atoms with Crippen molar-refractivity contribution >= 4 is 36.4 Å². The van der Waals surface area contributed by atoms with Gasteiger partial charge in [0.05, 0.1) is 46.1 Å². The zero-order valence-corrected chi connectivity index (χ0v) is 30.8. The molecule has 0 radical (unpaired) electrons. The second-order valence-electron chi connectivity index (χ2n) is 14.3. The number of aliphatic hydroxyl groups excluding tert-OH is 1. The van der Waals surface area contributed by atoms with Crippen LogP contribution in [0.15, 0.2) is 103 Å². The fourth-order valence-electron chi connectivity index (χ4n) is 8.19. The van der Waals surface area contributed by atoms with Crippen LogP contribution >= 0.6 is 0 Å². The number of nitrogens with zero attached hydrogens (tertiary/aromatic N) is 2. The number of aryl methyl sites for hydroxylation is 2. The summed E-state index contributed by atoms with van der Waals surface area (Å²) in [5.74, 6) is 1.22. The molecule has 2 aliphatic rings. The van der Waals surface area contributed by atoms with Crippen LogP contribution in [0.4, 0.5) is 11.4 Å². The average Bonchev–Trinajstić information content (AvgIpc) is 3.45. The minimum absolute atomic E-state index is 0.00142. The molecule has 4 aromatic carbocycles. The number of hydrogen-bond acceptors (Lipinski definition) is 5. The highest BCUT2D eigenvalue weighted by molar-refractivity contribution is 6.91. The van der Waals surface area contributed by atoms with Crippen LogP contribution in [0.25, 0.3) is 0 Å². The van der Waals surface area contributed by atoms with Gasteiger partial charge in [-0.15, -0.1) is 0 Å². The molecule has 0 saturated carbocycles. The summed E-state index contributed by atoms with van der Waals surface area (Å²) in [6, 6.07) is 34.9. The monoisotopic (exact) mass is 690 g/mol. The van der Waals surface area contributed by atoms with Gasteiger partial charge in [-0.1, -0.05) is 98.0 Å². The third kappa shape index (κ3) is 7.73. The summed E-state index contributed by atoms with van der Waals surface area (Å²) in [4.78, 5) is 30.5. The van der Waals surface area contributed by atoms with Gasteiger partial charge in [-0.05, 0) is 77.7 Å². The summed E-state index contributed by atoms with van der Waals surface area (Å²) in [5, 5.41) is 11.2. The van der Waals surface area contributed by atoms with Crippen molar-refractivity contribution < 1.29 is 24.2 Å². The molecule has 4 atom stereocenters. The standard InChI is InChI=1S/C42H50N2O5Si/c1-30-38(24-16-31-14-18-34(19-15-31)44-37-13-9-8-12-33(37)17-25-40(44)46)49-39(42(30)50(3,4)36-22-20-35(48-2)21-23-36)28-41(47)43(26-27-45)29-32-10-6-5-7-11-32/h5-15,18-23,30,38-39,42,45H,16-17,24-29H2,1-4H3/t30-,38+,39-,42+/m1/s1. The molecule has 1 saturated heterocycles. The van der Waals surface area contributed by atoms with E-state index in [1.165, 1.54) is 16.3 Å². The van der Waals surface area contributed by atoms with E-state index < -0.39 is 8.07 Å². The van der Waals surface area contributed by atoms with Crippen molar-refractivity contribution in [1.82, 2.24) is 4.90 Å². The summed E-state index contributed by atoms with van der Waals surface area (Å²) in [5.41, 5.74) is 5.52. The summed E-state index contributed by atoms with van der Waals surface area (Å²) in [6.07, 6.45) is 3.02. The maximum absolute atomic E-state index is 13.9. The van der Waals surface area contributed by atoms with Crippen molar-refractivity contribution in [3.8, 4) is 5.75 Å². The highest BCUT2D eigenvalue weighted by Gasteiger charge is 2.51. The van der Waals surface area contributed by atoms with E-state index in [1.54, 1.807) is 12.0 Å². The van der Waals surface area contributed by atoms with Gasteiger partial charge >= 0.3 is 0 Å². The molecular weight excluding hydrogens is 641 g/mol. The third-order valence-electron chi connectivity index (χ3n) is 10.9. The zero-order valence-electron chi connectivity index (χ0n) is 29.8. The number of para-hydroxylation sites is 1. The lowest BCUT2D eigenvalue weighted by Gasteiger charge is -2.36. The Bertz CT molecular complexity index is 1740. The van der Waals surface area contributed by atoms with Crippen LogP contribution in [0.1, 0.15) is 42.9 Å². The van der Waals surface area contributed by atoms with Crippen molar-refractivity contribution in [1.29, 1.82) is 0 Å². The lowest BCUT2D eigenvalue weighted by molar-refractivity contribution is -0.135. The average molecular weight is 691 g/mol. The Balaban J connectivity index is 1.20. The van der Waals surface area contributed by atoms with Gasteiger partial charge in [0.15, 0.2) is 0 Å². The minimum atomic E-state index is -2.15. The van der Waals surface area contributed by atoms with E-state index in [4.69, 9.17) is 9.47 Å². The van der Waals surface area contributed by atoms with Crippen LogP contribution in [0.3, 0.4) is 0 Å². The summed E-state index contributed by atoms with van der Waals surface area (Å²) in [6.45, 7) is 7.75. The normalized spacial score (nSPS) is 20.4. The lowest BCUT2D eigenvalue weighted by Crippen LogP contribution is -2.51. The molecular formula is C42H50N2O5Si. The van der Waals surface area contributed by atoms with Gasteiger partial charge < -0.3 is 19.5 Å². The summed E-state index contributed by atoms with van der Waals surface area (Å²) >= 11 is 0. The molecule has 2 heterocycles. The van der Waals surface area contributed by atoms with Crippen LogP contribution in [-0.4, -0.2) is 62.4 Å². The molecule has 0 spiro atoms. The first-order chi connectivity index (χ1) is 24.2. The fraction of sp³-hybridized carbons (Fsp3) is 0.381. The molecule has 2 amide bonds. The Morgan fingerprint density at radius 1 is 0.900 bits per heavy atom. The predicted octanol–water partition coefficient (Wildman–Crippen LogP) is 7.04. The van der Waals surface area contributed by atoms with Crippen LogP contribution in [-0.2, 0) is 33.7 Å². The molecule has 50 heavy (non-hydrogen) atoms. The van der Waals surface area contributed by atoms with Crippen LogP contribution in [0.5, 0.6) is 5.75 Å². The first-order valence-electron chi connectivity index (χ1n) is 17.9. The Labute approximate surface area is 297 Å². The van der Waals surface area contributed by atoms with E-state index in [1.807, 2.05) is 65.6 Å². The quantitative estimate of drug-likeness (QED) is 0.152. The van der Waals surface area contributed by atoms with Crippen LogP contribution in [0.2, 0.25) is 18.6 Å². The minimum Gasteiger partial charge on any atom is -0.497 e. The number of fused-ring (bicyclic) bond motifs is 1. The van der Waals surface area contributed by atoms with Gasteiger partial charge in [-0.2, -0.15) is 0 Å². The van der Waals surface area contributed by atoms with E-state index in [0.717, 1.165) is 42.0 Å². The van der Waals surface area contributed by atoms with Crippen molar-refractivity contribution in [2.24, 2.45) is 5.92 Å². The predicted molar refractivity (Wildman–Crippen MR) is 202 cm³/mol. The third-order valence-corrected chi connectivity index (χ3v) is 15.3. The first kappa shape index (κ1) is 35.6. The maximum atomic E-state index is 13.9. The Kier molecular flexibility index (Phi) is 11.2. The van der Waals surface area contributed by atoms with Gasteiger partial charge in [0.1, 0.15) is 5.75 Å². The number of carbonyl (C=O) groups is 2. The van der Waals surface area contributed by atoms with Crippen molar-refractivity contribution in [3.05, 3.63) is 120 Å². The largest absolute Gasteiger partial charge is 0.497 e. The molecule has 262 valence electrons. The Morgan fingerprint density at radius 3 is 2.30 bits per heavy atom. The highest BCUT2D eigenvalue weighted by Crippen LogP contribution is 2.46. The number of methoxy groups -OCH3 is 1. The molecule has 0 aromatic heterocycles. The SMILES string of the molecule is COc1ccc([Si](C)(C)[C@H]2[C@H](C)[C@H](CCc3ccc(N4C(=O)CCc5ccccc54)cc3)O[C@@H]2CC(=O)N(CCO)Cc2ccccc2)cc1.